The minimum atomic E-state index is -4.94. The summed E-state index contributed by atoms with van der Waals surface area (Å²) in [5.74, 6) is 0.0568. The molecule has 0 saturated heterocycles. The molecule has 0 aliphatic heterocycles. The van der Waals surface area contributed by atoms with Crippen molar-refractivity contribution in [3.8, 4) is 0 Å². The molecule has 0 amide bonds. The van der Waals surface area contributed by atoms with Gasteiger partial charge in [0.15, 0.2) is 0 Å². The highest BCUT2D eigenvalue weighted by Gasteiger charge is 2.40. The highest BCUT2D eigenvalue weighted by molar-refractivity contribution is 5.39. The summed E-state index contributed by atoms with van der Waals surface area (Å²) in [5.41, 5.74) is 0.538. The number of tetrazole rings is 1. The Bertz CT molecular complexity index is 1240. The summed E-state index contributed by atoms with van der Waals surface area (Å²) >= 11 is 0. The van der Waals surface area contributed by atoms with Gasteiger partial charge in [0.2, 0.25) is 0 Å². The van der Waals surface area contributed by atoms with E-state index in [1.165, 1.54) is 4.90 Å². The van der Waals surface area contributed by atoms with Crippen LogP contribution in [0.25, 0.3) is 0 Å². The number of benzene rings is 1. The van der Waals surface area contributed by atoms with Crippen LogP contribution in [0.1, 0.15) is 64.9 Å². The lowest BCUT2D eigenvalue weighted by Gasteiger charge is -2.26. The monoisotopic (exact) mass is 539 g/mol. The van der Waals surface area contributed by atoms with Crippen molar-refractivity contribution >= 4 is 5.95 Å². The van der Waals surface area contributed by atoms with Crippen molar-refractivity contribution in [2.45, 2.75) is 83.6 Å². The average Bonchev–Trinajstić information content (AvgIpc) is 3.78. The molecule has 1 N–H and O–H groups in total. The quantitative estimate of drug-likeness (QED) is 0.358. The van der Waals surface area contributed by atoms with Gasteiger partial charge in [-0.3, -0.25) is 9.88 Å². The van der Waals surface area contributed by atoms with E-state index in [0.717, 1.165) is 60.3 Å². The molecule has 2 fully saturated rings. The maximum absolute atomic E-state index is 13.5. The summed E-state index contributed by atoms with van der Waals surface area (Å²) in [5, 5.41) is 13.8. The van der Waals surface area contributed by atoms with E-state index in [9.17, 15) is 26.3 Å². The molecular weight excluding hydrogens is 512 g/mol. The van der Waals surface area contributed by atoms with Gasteiger partial charge in [0.05, 0.1) is 16.8 Å². The Balaban J connectivity index is 1.49. The second kappa shape index (κ2) is 9.83. The number of hydrogen-bond donors (Lipinski definition) is 1. The van der Waals surface area contributed by atoms with Crippen LogP contribution in [0.5, 0.6) is 0 Å². The lowest BCUT2D eigenvalue weighted by Crippen LogP contribution is -2.30. The van der Waals surface area contributed by atoms with Crippen molar-refractivity contribution in [2.75, 3.05) is 4.90 Å². The number of nitrogens with one attached hydrogen (secondary N) is 1. The number of alkyl halides is 6. The van der Waals surface area contributed by atoms with Crippen LogP contribution in [-0.2, 0) is 32.0 Å². The zero-order valence-corrected chi connectivity index (χ0v) is 20.9. The van der Waals surface area contributed by atoms with Crippen LogP contribution < -0.4 is 4.90 Å². The molecular formula is C25H27F6N7. The average molecular weight is 540 g/mol. The topological polar surface area (TPSA) is 73.8 Å². The van der Waals surface area contributed by atoms with Crippen LogP contribution in [-0.4, -0.2) is 42.6 Å². The van der Waals surface area contributed by atoms with Crippen LogP contribution in [0, 0.1) is 13.8 Å². The van der Waals surface area contributed by atoms with Gasteiger partial charge in [-0.25, -0.2) is 0 Å². The van der Waals surface area contributed by atoms with Crippen LogP contribution >= 0.6 is 0 Å². The molecule has 1 aromatic carbocycles. The molecule has 0 bridgehead atoms. The number of aromatic amines is 1. The summed E-state index contributed by atoms with van der Waals surface area (Å²) in [7, 11) is 0. The molecule has 2 heterocycles. The standard InChI is InChI=1S/C25H27F6N7/c1-14-7-17(22(32-15(14)2)13-38(20-3-4-20)21-5-6-21)12-37(23-33-35-36-34-23)11-16-8-18(24(26,27)28)10-19(9-16)25(29,30)31/h7-10,20-21H,3-6,11-13H2,1-2H3,(H,33,34,35,36). The van der Waals surface area contributed by atoms with Gasteiger partial charge >= 0.3 is 12.4 Å². The van der Waals surface area contributed by atoms with Gasteiger partial charge in [-0.15, -0.1) is 5.10 Å². The fourth-order valence-corrected chi connectivity index (χ4v) is 4.65. The van der Waals surface area contributed by atoms with E-state index in [1.807, 2.05) is 19.9 Å². The van der Waals surface area contributed by atoms with E-state index in [2.05, 4.69) is 25.5 Å². The highest BCUT2D eigenvalue weighted by atomic mass is 19.4. The third kappa shape index (κ3) is 6.08. The smallest absolute Gasteiger partial charge is 0.329 e. The molecule has 2 aliphatic rings. The van der Waals surface area contributed by atoms with Crippen LogP contribution in [0.3, 0.4) is 0 Å². The normalized spacial score (nSPS) is 16.3. The number of aryl methyl sites for hydroxylation is 2. The first-order chi connectivity index (χ1) is 17.9. The molecule has 2 aromatic heterocycles. The molecule has 0 spiro atoms. The van der Waals surface area contributed by atoms with Gasteiger partial charge in [-0.05, 0) is 79.6 Å². The summed E-state index contributed by atoms with van der Waals surface area (Å²) in [4.78, 5) is 8.80. The van der Waals surface area contributed by atoms with Gasteiger partial charge in [0.25, 0.3) is 5.95 Å². The highest BCUT2D eigenvalue weighted by Crippen LogP contribution is 2.39. The molecule has 0 atom stereocenters. The molecule has 38 heavy (non-hydrogen) atoms. The van der Waals surface area contributed by atoms with Gasteiger partial charge in [-0.1, -0.05) is 11.2 Å². The maximum atomic E-state index is 13.5. The second-order valence-electron chi connectivity index (χ2n) is 10.1. The summed E-state index contributed by atoms with van der Waals surface area (Å²) < 4.78 is 80.7. The SMILES string of the molecule is Cc1cc(CN(Cc2cc(C(F)(F)F)cc(C(F)(F)F)c2)c2nn[nH]n2)c(CN(C2CC2)C2CC2)nc1C. The third-order valence-corrected chi connectivity index (χ3v) is 7.00. The van der Waals surface area contributed by atoms with Crippen molar-refractivity contribution in [3.63, 3.8) is 0 Å². The molecule has 204 valence electrons. The van der Waals surface area contributed by atoms with Crippen molar-refractivity contribution in [2.24, 2.45) is 0 Å². The van der Waals surface area contributed by atoms with Crippen molar-refractivity contribution in [1.29, 1.82) is 0 Å². The molecule has 13 heteroatoms. The molecule has 2 aliphatic carbocycles. The third-order valence-electron chi connectivity index (χ3n) is 7.00. The van der Waals surface area contributed by atoms with Gasteiger partial charge < -0.3 is 4.90 Å². The summed E-state index contributed by atoms with van der Waals surface area (Å²) in [6.45, 7) is 4.29. The predicted octanol–water partition coefficient (Wildman–Crippen LogP) is 5.58. The largest absolute Gasteiger partial charge is 0.416 e. The van der Waals surface area contributed by atoms with Crippen molar-refractivity contribution in [1.82, 2.24) is 30.5 Å². The fourth-order valence-electron chi connectivity index (χ4n) is 4.65. The molecule has 0 unspecified atom stereocenters. The first-order valence-corrected chi connectivity index (χ1v) is 12.4. The molecule has 7 nitrogen and oxygen atoms in total. The lowest BCUT2D eigenvalue weighted by atomic mass is 10.0. The van der Waals surface area contributed by atoms with E-state index in [1.54, 1.807) is 0 Å². The first-order valence-electron chi connectivity index (χ1n) is 12.4. The first kappa shape index (κ1) is 26.4. The number of rotatable bonds is 9. The van der Waals surface area contributed by atoms with Gasteiger partial charge in [-0.2, -0.15) is 31.6 Å². The number of H-pyrrole nitrogens is 1. The minimum absolute atomic E-state index is 0.0568. The van der Waals surface area contributed by atoms with Gasteiger partial charge in [0.1, 0.15) is 0 Å². The Morgan fingerprint density at radius 2 is 1.45 bits per heavy atom. The van der Waals surface area contributed by atoms with Crippen LogP contribution in [0.4, 0.5) is 32.3 Å². The number of halogens is 6. The Morgan fingerprint density at radius 1 is 0.842 bits per heavy atom. The number of nitrogens with zero attached hydrogens (tertiary/aromatic N) is 6. The van der Waals surface area contributed by atoms with Crippen molar-refractivity contribution in [3.05, 3.63) is 63.5 Å². The summed E-state index contributed by atoms with van der Waals surface area (Å²) in [6.07, 6.45) is -5.31. The van der Waals surface area contributed by atoms with Crippen LogP contribution in [0.2, 0.25) is 0 Å². The van der Waals surface area contributed by atoms with E-state index >= 15 is 0 Å². The minimum Gasteiger partial charge on any atom is -0.329 e. The maximum Gasteiger partial charge on any atom is 0.416 e. The van der Waals surface area contributed by atoms with E-state index in [0.29, 0.717) is 18.6 Å². The number of aromatic nitrogens is 5. The zero-order chi connectivity index (χ0) is 27.2. The number of anilines is 1. The van der Waals surface area contributed by atoms with E-state index in [-0.39, 0.29) is 30.7 Å². The number of pyridine rings is 1. The lowest BCUT2D eigenvalue weighted by molar-refractivity contribution is -0.143. The summed E-state index contributed by atoms with van der Waals surface area (Å²) in [6, 6.07) is 4.59. The Kier molecular flexibility index (Phi) is 6.82. The Morgan fingerprint density at radius 3 is 1.95 bits per heavy atom. The molecule has 0 radical (unpaired) electrons. The number of hydrogen-bond acceptors (Lipinski definition) is 6. The van der Waals surface area contributed by atoms with Crippen molar-refractivity contribution < 1.29 is 26.3 Å². The van der Waals surface area contributed by atoms with E-state index < -0.39 is 23.5 Å². The van der Waals surface area contributed by atoms with Gasteiger partial charge in [0, 0.05) is 37.4 Å². The predicted molar refractivity (Wildman–Crippen MR) is 126 cm³/mol. The molecule has 3 aromatic rings. The van der Waals surface area contributed by atoms with E-state index in [4.69, 9.17) is 4.98 Å². The fraction of sp³-hybridized carbons (Fsp3) is 0.520. The zero-order valence-electron chi connectivity index (χ0n) is 20.9. The molecule has 2 saturated carbocycles. The second-order valence-corrected chi connectivity index (χ2v) is 10.1. The Labute approximate surface area is 215 Å². The van der Waals surface area contributed by atoms with Crippen LogP contribution in [0.15, 0.2) is 24.3 Å². The molecule has 5 rings (SSSR count). The Hall–Kier alpha value is -3.22.